The van der Waals surface area contributed by atoms with Gasteiger partial charge < -0.3 is 5.32 Å². The summed E-state index contributed by atoms with van der Waals surface area (Å²) < 4.78 is 13.4. The van der Waals surface area contributed by atoms with Crippen molar-refractivity contribution in [2.24, 2.45) is 0 Å². The zero-order chi connectivity index (χ0) is 13.0. The molecule has 0 bridgehead atoms. The Balaban J connectivity index is 1.97. The van der Waals surface area contributed by atoms with Crippen molar-refractivity contribution in [3.63, 3.8) is 0 Å². The average molecular weight is 270 g/mol. The Morgan fingerprint density at radius 1 is 1.22 bits per heavy atom. The standard InChI is InChI=1S/C15H21ClFN/c1-11(12-8-9-14(16)15(17)10-12)18-13-6-4-2-3-5-7-13/h8-11,13,18H,2-7H2,1H3. The fraction of sp³-hybridized carbons (Fsp3) is 0.600. The van der Waals surface area contributed by atoms with Gasteiger partial charge in [0.25, 0.3) is 0 Å². The molecule has 0 spiro atoms. The van der Waals surface area contributed by atoms with Crippen LogP contribution in [0.15, 0.2) is 18.2 Å². The molecule has 1 aliphatic rings. The Kier molecular flexibility index (Phi) is 5.02. The molecule has 0 radical (unpaired) electrons. The van der Waals surface area contributed by atoms with E-state index in [1.54, 1.807) is 6.07 Å². The summed E-state index contributed by atoms with van der Waals surface area (Å²) in [5.74, 6) is -0.330. The summed E-state index contributed by atoms with van der Waals surface area (Å²) in [5.41, 5.74) is 0.973. The highest BCUT2D eigenvalue weighted by molar-refractivity contribution is 6.30. The molecule has 0 saturated heterocycles. The van der Waals surface area contributed by atoms with Gasteiger partial charge >= 0.3 is 0 Å². The van der Waals surface area contributed by atoms with E-state index in [4.69, 9.17) is 11.6 Å². The molecule has 1 aromatic rings. The maximum atomic E-state index is 13.4. The summed E-state index contributed by atoms with van der Waals surface area (Å²) in [6.45, 7) is 2.09. The van der Waals surface area contributed by atoms with Crippen molar-refractivity contribution in [3.8, 4) is 0 Å². The van der Waals surface area contributed by atoms with E-state index in [9.17, 15) is 4.39 Å². The fourth-order valence-electron chi connectivity index (χ4n) is 2.68. The van der Waals surface area contributed by atoms with E-state index in [1.807, 2.05) is 6.07 Å². The molecule has 1 aliphatic carbocycles. The van der Waals surface area contributed by atoms with E-state index in [0.29, 0.717) is 6.04 Å². The van der Waals surface area contributed by atoms with Crippen LogP contribution >= 0.6 is 11.6 Å². The van der Waals surface area contributed by atoms with Gasteiger partial charge in [-0.15, -0.1) is 0 Å². The molecule has 2 rings (SSSR count). The molecule has 3 heteroatoms. The lowest BCUT2D eigenvalue weighted by atomic mass is 10.0. The lowest BCUT2D eigenvalue weighted by Gasteiger charge is -2.22. The van der Waals surface area contributed by atoms with Crippen LogP contribution in [0.4, 0.5) is 4.39 Å². The first-order valence-corrected chi connectivity index (χ1v) is 7.25. The molecule has 1 fully saturated rings. The summed E-state index contributed by atoms with van der Waals surface area (Å²) in [5, 5.41) is 3.81. The average Bonchev–Trinajstić information content (AvgIpc) is 2.61. The smallest absolute Gasteiger partial charge is 0.142 e. The second-order valence-electron chi connectivity index (χ2n) is 5.25. The lowest BCUT2D eigenvalue weighted by Crippen LogP contribution is -2.31. The number of hydrogen-bond donors (Lipinski definition) is 1. The first-order chi connectivity index (χ1) is 8.66. The van der Waals surface area contributed by atoms with Gasteiger partial charge in [-0.1, -0.05) is 43.4 Å². The zero-order valence-electron chi connectivity index (χ0n) is 10.9. The van der Waals surface area contributed by atoms with E-state index >= 15 is 0 Å². The van der Waals surface area contributed by atoms with Gasteiger partial charge in [0.15, 0.2) is 0 Å². The van der Waals surface area contributed by atoms with Crippen LogP contribution in [-0.2, 0) is 0 Å². The second-order valence-corrected chi connectivity index (χ2v) is 5.66. The Bertz CT molecular complexity index is 386. The van der Waals surface area contributed by atoms with E-state index in [2.05, 4.69) is 12.2 Å². The Labute approximate surface area is 114 Å². The van der Waals surface area contributed by atoms with Crippen LogP contribution in [0.5, 0.6) is 0 Å². The van der Waals surface area contributed by atoms with Crippen LogP contribution in [0.2, 0.25) is 5.02 Å². The predicted octanol–water partition coefficient (Wildman–Crippen LogP) is 4.85. The number of rotatable bonds is 3. The van der Waals surface area contributed by atoms with Crippen LogP contribution in [0, 0.1) is 5.82 Å². The van der Waals surface area contributed by atoms with Gasteiger partial charge in [-0.2, -0.15) is 0 Å². The molecule has 1 aromatic carbocycles. The van der Waals surface area contributed by atoms with E-state index in [0.717, 1.165) is 5.56 Å². The minimum absolute atomic E-state index is 0.180. The zero-order valence-corrected chi connectivity index (χ0v) is 11.6. The van der Waals surface area contributed by atoms with Gasteiger partial charge in [0, 0.05) is 12.1 Å². The summed E-state index contributed by atoms with van der Waals surface area (Å²) in [6, 6.07) is 5.83. The van der Waals surface area contributed by atoms with Gasteiger partial charge in [0.2, 0.25) is 0 Å². The van der Waals surface area contributed by atoms with E-state index < -0.39 is 0 Å². The molecule has 1 N–H and O–H groups in total. The third-order valence-corrected chi connectivity index (χ3v) is 4.09. The third kappa shape index (κ3) is 3.69. The first kappa shape index (κ1) is 13.8. The molecule has 1 nitrogen and oxygen atoms in total. The summed E-state index contributed by atoms with van der Waals surface area (Å²) in [4.78, 5) is 0. The number of halogens is 2. The molecule has 18 heavy (non-hydrogen) atoms. The van der Waals surface area contributed by atoms with Crippen molar-refractivity contribution in [1.29, 1.82) is 0 Å². The molecule has 0 aliphatic heterocycles. The fourth-order valence-corrected chi connectivity index (χ4v) is 2.80. The van der Waals surface area contributed by atoms with Crippen molar-refractivity contribution < 1.29 is 4.39 Å². The van der Waals surface area contributed by atoms with Crippen molar-refractivity contribution in [2.45, 2.75) is 57.5 Å². The summed E-state index contributed by atoms with van der Waals surface area (Å²) in [6.07, 6.45) is 7.78. The highest BCUT2D eigenvalue weighted by atomic mass is 35.5. The van der Waals surface area contributed by atoms with Gasteiger partial charge in [-0.3, -0.25) is 0 Å². The highest BCUT2D eigenvalue weighted by Gasteiger charge is 2.16. The van der Waals surface area contributed by atoms with Gasteiger partial charge in [0.05, 0.1) is 5.02 Å². The maximum Gasteiger partial charge on any atom is 0.142 e. The monoisotopic (exact) mass is 269 g/mol. The quantitative estimate of drug-likeness (QED) is 0.774. The molecule has 1 atom stereocenters. The van der Waals surface area contributed by atoms with Crippen LogP contribution < -0.4 is 5.32 Å². The van der Waals surface area contributed by atoms with Crippen molar-refractivity contribution in [2.75, 3.05) is 0 Å². The van der Waals surface area contributed by atoms with Crippen LogP contribution in [0.3, 0.4) is 0 Å². The van der Waals surface area contributed by atoms with Gasteiger partial charge in [0.1, 0.15) is 5.82 Å². The number of benzene rings is 1. The molecular weight excluding hydrogens is 249 g/mol. The predicted molar refractivity (Wildman–Crippen MR) is 74.5 cm³/mol. The van der Waals surface area contributed by atoms with Crippen LogP contribution in [0.25, 0.3) is 0 Å². The van der Waals surface area contributed by atoms with Crippen molar-refractivity contribution in [1.82, 2.24) is 5.32 Å². The Morgan fingerprint density at radius 3 is 2.50 bits per heavy atom. The van der Waals surface area contributed by atoms with Gasteiger partial charge in [-0.25, -0.2) is 4.39 Å². The van der Waals surface area contributed by atoms with E-state index in [-0.39, 0.29) is 16.9 Å². The summed E-state index contributed by atoms with van der Waals surface area (Å²) >= 11 is 5.70. The second kappa shape index (κ2) is 6.53. The maximum absolute atomic E-state index is 13.4. The molecule has 100 valence electrons. The third-order valence-electron chi connectivity index (χ3n) is 3.78. The largest absolute Gasteiger partial charge is 0.307 e. The SMILES string of the molecule is CC(NC1CCCCCC1)c1ccc(Cl)c(F)c1. The highest BCUT2D eigenvalue weighted by Crippen LogP contribution is 2.23. The van der Waals surface area contributed by atoms with Crippen molar-refractivity contribution in [3.05, 3.63) is 34.6 Å². The lowest BCUT2D eigenvalue weighted by molar-refractivity contribution is 0.413. The van der Waals surface area contributed by atoms with Crippen LogP contribution in [0.1, 0.15) is 57.1 Å². The summed E-state index contributed by atoms with van der Waals surface area (Å²) in [7, 11) is 0. The normalized spacial score (nSPS) is 19.5. The van der Waals surface area contributed by atoms with E-state index in [1.165, 1.54) is 44.6 Å². The Morgan fingerprint density at radius 2 is 1.89 bits per heavy atom. The van der Waals surface area contributed by atoms with Crippen LogP contribution in [-0.4, -0.2) is 6.04 Å². The molecule has 0 heterocycles. The molecule has 0 aromatic heterocycles. The Hall–Kier alpha value is -0.600. The minimum atomic E-state index is -0.330. The minimum Gasteiger partial charge on any atom is -0.307 e. The molecule has 0 amide bonds. The van der Waals surface area contributed by atoms with Gasteiger partial charge in [-0.05, 0) is 37.5 Å². The topological polar surface area (TPSA) is 12.0 Å². The molecule has 1 unspecified atom stereocenters. The molecule has 1 saturated carbocycles. The van der Waals surface area contributed by atoms with Crippen molar-refractivity contribution >= 4 is 11.6 Å². The number of hydrogen-bond acceptors (Lipinski definition) is 1. The molecular formula is C15H21ClFN. The number of nitrogens with one attached hydrogen (secondary N) is 1. The first-order valence-electron chi connectivity index (χ1n) is 6.88.